The largest absolute Gasteiger partial charge is 0.388 e. The molecule has 4 fully saturated rings. The fraction of sp³-hybridized carbons (Fsp3) is 0.417. The first-order valence-electron chi connectivity index (χ1n) is 27.4. The number of hydrogen-bond donors (Lipinski definition) is 4. The fourth-order valence-corrected chi connectivity index (χ4v) is 14.6. The summed E-state index contributed by atoms with van der Waals surface area (Å²) in [4.78, 5) is 54.4. The number of nitrogens with one attached hydrogen (secondary N) is 4. The lowest BCUT2D eigenvalue weighted by atomic mass is 10.1. The third kappa shape index (κ3) is 15.8. The quantitative estimate of drug-likeness (QED) is 0.0390. The predicted octanol–water partition coefficient (Wildman–Crippen LogP) is 9.37. The fourth-order valence-electron chi connectivity index (χ4n) is 9.74. The van der Waals surface area contributed by atoms with Crippen LogP contribution in [0.4, 0.5) is 11.4 Å². The highest BCUT2D eigenvalue weighted by Crippen LogP contribution is 2.53. The number of ether oxygens (including phenoxy) is 4. The zero-order valence-electron chi connectivity index (χ0n) is 46.3. The Hall–Kier alpha value is -5.19. The SMILES string of the molecule is CC.CN/C(=C\C(=C/C=O)N1CCOCC1)c1cccc2c1Sc1ccc(NC(=O)C(C)N3CCOCC3)cc1S2.CN/C(=C\C(=C/C=O)N1CCOCC1)c1cccc2c1Sc1ccc(NCC(C)N3CCOCC3)cc1S2. The van der Waals surface area contributed by atoms with Crippen LogP contribution in [-0.2, 0) is 33.3 Å². The number of fused-ring (bicyclic) bond motifs is 4. The van der Waals surface area contributed by atoms with Crippen molar-refractivity contribution in [3.05, 3.63) is 120 Å². The summed E-state index contributed by atoms with van der Waals surface area (Å²) < 4.78 is 21.9. The number of carbonyl (C=O) groups is 3. The smallest absolute Gasteiger partial charge is 0.241 e. The zero-order valence-corrected chi connectivity index (χ0v) is 49.6. The van der Waals surface area contributed by atoms with Crippen molar-refractivity contribution >= 4 is 88.3 Å². The first-order chi connectivity index (χ1) is 38.7. The van der Waals surface area contributed by atoms with Crippen LogP contribution in [0, 0.1) is 0 Å². The number of benzene rings is 4. The molecule has 0 spiro atoms. The third-order valence-electron chi connectivity index (χ3n) is 14.2. The van der Waals surface area contributed by atoms with E-state index in [1.165, 1.54) is 24.5 Å². The van der Waals surface area contributed by atoms with Gasteiger partial charge in [0.2, 0.25) is 5.91 Å². The Balaban J connectivity index is 0.000000202. The van der Waals surface area contributed by atoms with E-state index in [2.05, 4.69) is 121 Å². The van der Waals surface area contributed by atoms with Gasteiger partial charge in [0.05, 0.1) is 58.9 Å². The van der Waals surface area contributed by atoms with Crippen molar-refractivity contribution in [2.45, 2.75) is 78.9 Å². The highest BCUT2D eigenvalue weighted by atomic mass is 32.2. The van der Waals surface area contributed by atoms with E-state index in [0.29, 0.717) is 45.7 Å². The molecule has 0 saturated carbocycles. The molecule has 2 unspecified atom stereocenters. The molecule has 6 aliphatic heterocycles. The first-order valence-corrected chi connectivity index (χ1v) is 30.7. The van der Waals surface area contributed by atoms with E-state index in [0.717, 1.165) is 145 Å². The van der Waals surface area contributed by atoms with Crippen molar-refractivity contribution in [3.8, 4) is 0 Å². The maximum atomic E-state index is 12.9. The highest BCUT2D eigenvalue weighted by Gasteiger charge is 2.27. The van der Waals surface area contributed by atoms with Gasteiger partial charge in [0.25, 0.3) is 0 Å². The summed E-state index contributed by atoms with van der Waals surface area (Å²) in [5.41, 5.74) is 7.90. The second kappa shape index (κ2) is 30.6. The lowest BCUT2D eigenvalue weighted by Gasteiger charge is -2.32. The minimum atomic E-state index is -0.211. The van der Waals surface area contributed by atoms with Gasteiger partial charge in [-0.1, -0.05) is 85.2 Å². The summed E-state index contributed by atoms with van der Waals surface area (Å²) in [5.74, 6) is -0.00347. The van der Waals surface area contributed by atoms with Gasteiger partial charge in [-0.2, -0.15) is 0 Å². The molecule has 4 aromatic carbocycles. The molecule has 0 bridgehead atoms. The molecule has 4 saturated heterocycles. The highest BCUT2D eigenvalue weighted by molar-refractivity contribution is 8.05. The molecule has 79 heavy (non-hydrogen) atoms. The first kappa shape index (κ1) is 59.9. The maximum absolute atomic E-state index is 12.9. The molecule has 4 aromatic rings. The van der Waals surface area contributed by atoms with Crippen LogP contribution in [-0.4, -0.2) is 176 Å². The Kier molecular flexibility index (Phi) is 23.2. The molecule has 6 heterocycles. The number of allylic oxidation sites excluding steroid dienone is 4. The van der Waals surface area contributed by atoms with Crippen LogP contribution in [0.15, 0.2) is 148 Å². The van der Waals surface area contributed by atoms with Gasteiger partial charge in [-0.25, -0.2) is 0 Å². The molecule has 10 rings (SSSR count). The maximum Gasteiger partial charge on any atom is 0.241 e. The van der Waals surface area contributed by atoms with Crippen LogP contribution in [0.5, 0.6) is 0 Å². The molecular formula is C60H76N8O7S4. The van der Waals surface area contributed by atoms with Crippen molar-refractivity contribution < 1.29 is 33.3 Å². The Morgan fingerprint density at radius 3 is 1.43 bits per heavy atom. The van der Waals surface area contributed by atoms with Crippen LogP contribution in [0.2, 0.25) is 0 Å². The van der Waals surface area contributed by atoms with E-state index in [1.54, 1.807) is 35.7 Å². The number of hydrogen-bond acceptors (Lipinski definition) is 18. The van der Waals surface area contributed by atoms with E-state index < -0.39 is 0 Å². The lowest BCUT2D eigenvalue weighted by molar-refractivity contribution is -0.122. The summed E-state index contributed by atoms with van der Waals surface area (Å²) in [5, 5.41) is 13.5. The average Bonchev–Trinajstić information content (AvgIpc) is 3.57. The second-order valence-corrected chi connectivity index (χ2v) is 23.2. The van der Waals surface area contributed by atoms with Crippen molar-refractivity contribution in [3.63, 3.8) is 0 Å². The summed E-state index contributed by atoms with van der Waals surface area (Å²) in [7, 11) is 3.85. The number of aldehydes is 2. The monoisotopic (exact) mass is 1150 g/mol. The van der Waals surface area contributed by atoms with Crippen molar-refractivity contribution in [2.24, 2.45) is 0 Å². The van der Waals surface area contributed by atoms with Gasteiger partial charge in [0.1, 0.15) is 12.6 Å². The second-order valence-electron chi connectivity index (χ2n) is 19.0. The molecule has 19 heteroatoms. The summed E-state index contributed by atoms with van der Waals surface area (Å²) >= 11 is 7.06. The van der Waals surface area contributed by atoms with Crippen molar-refractivity contribution in [1.82, 2.24) is 30.2 Å². The summed E-state index contributed by atoms with van der Waals surface area (Å²) in [6.07, 6.45) is 9.09. The van der Waals surface area contributed by atoms with Crippen molar-refractivity contribution in [1.29, 1.82) is 0 Å². The molecule has 2 atom stereocenters. The van der Waals surface area contributed by atoms with Crippen molar-refractivity contribution in [2.75, 3.05) is 136 Å². The Morgan fingerprint density at radius 2 is 0.975 bits per heavy atom. The number of morpholine rings is 4. The standard InChI is InChI=1S/C29H34N4O4S2.C29H36N4O3S2.C2H6/c1-20(32-9-14-36-15-10-32)29(35)31-21-6-7-25-27(18-21)38-26-5-3-4-23(28(26)39-25)24(30-2)19-22(8-13-34)33-11-16-37-17-12-33;1-21(32-9-14-35-15-10-32)20-31-22-6-7-26-28(18-22)37-27-5-3-4-24(29(27)38-26)25(30-2)19-23(8-13-34)33-11-16-36-17-12-33;1-2/h3-8,13,18-20,30H,9-12,14-17H2,1-2H3,(H,31,35);3-8,13,18-19,21,30-31H,9-12,14-17,20H2,1-2H3;1-2H3/b22-8+,24-19-;23-8+,25-19-;. The Labute approximate surface area is 484 Å². The van der Waals surface area contributed by atoms with Gasteiger partial charge < -0.3 is 50.0 Å². The molecular weight excluding hydrogens is 1070 g/mol. The van der Waals surface area contributed by atoms with Crippen LogP contribution in [0.3, 0.4) is 0 Å². The molecule has 6 aliphatic rings. The molecule has 0 aliphatic carbocycles. The normalized spacial score (nSPS) is 18.8. The van der Waals surface area contributed by atoms with Crippen LogP contribution >= 0.6 is 47.0 Å². The van der Waals surface area contributed by atoms with Gasteiger partial charge in [0.15, 0.2) is 0 Å². The van der Waals surface area contributed by atoms with E-state index in [4.69, 9.17) is 18.9 Å². The summed E-state index contributed by atoms with van der Waals surface area (Å²) in [6, 6.07) is 25.8. The van der Waals surface area contributed by atoms with Gasteiger partial charge in [-0.3, -0.25) is 24.2 Å². The van der Waals surface area contributed by atoms with E-state index >= 15 is 0 Å². The predicted molar refractivity (Wildman–Crippen MR) is 322 cm³/mol. The van der Waals surface area contributed by atoms with Gasteiger partial charge in [-0.05, 0) is 74.5 Å². The van der Waals surface area contributed by atoms with Gasteiger partial charge >= 0.3 is 0 Å². The zero-order chi connectivity index (χ0) is 55.5. The molecule has 4 N–H and O–H groups in total. The molecule has 15 nitrogen and oxygen atoms in total. The average molecular weight is 1150 g/mol. The van der Waals surface area contributed by atoms with E-state index in [1.807, 2.05) is 70.5 Å². The Bertz CT molecular complexity index is 2840. The number of amides is 1. The van der Waals surface area contributed by atoms with E-state index in [9.17, 15) is 14.4 Å². The molecule has 1 amide bonds. The summed E-state index contributed by atoms with van der Waals surface area (Å²) in [6.45, 7) is 21.4. The van der Waals surface area contributed by atoms with Gasteiger partial charge in [0, 0.05) is 176 Å². The minimum Gasteiger partial charge on any atom is -0.388 e. The van der Waals surface area contributed by atoms with Crippen LogP contribution in [0.25, 0.3) is 11.4 Å². The van der Waals surface area contributed by atoms with Crippen LogP contribution < -0.4 is 21.3 Å². The minimum absolute atomic E-state index is 0.00347. The number of anilines is 2. The topological polar surface area (TPSA) is 149 Å². The van der Waals surface area contributed by atoms with Gasteiger partial charge in [-0.15, -0.1) is 0 Å². The number of rotatable bonds is 17. The number of carbonyl (C=O) groups excluding carboxylic acids is 3. The molecule has 0 radical (unpaired) electrons. The molecule has 0 aromatic heterocycles. The molecule has 422 valence electrons. The van der Waals surface area contributed by atoms with Crippen LogP contribution in [0.1, 0.15) is 38.8 Å². The third-order valence-corrected chi connectivity index (χ3v) is 19.3. The van der Waals surface area contributed by atoms with E-state index in [-0.39, 0.29) is 11.9 Å². The lowest BCUT2D eigenvalue weighted by Crippen LogP contribution is -2.47. The Morgan fingerprint density at radius 1 is 0.544 bits per heavy atom. The number of nitrogens with zero attached hydrogens (tertiary/aromatic N) is 4.